The summed E-state index contributed by atoms with van der Waals surface area (Å²) >= 11 is 0. The van der Waals surface area contributed by atoms with Gasteiger partial charge in [-0.25, -0.2) is 4.68 Å². The molecule has 0 aliphatic rings. The van der Waals surface area contributed by atoms with E-state index in [9.17, 15) is 18.0 Å². The van der Waals surface area contributed by atoms with Gasteiger partial charge in [-0.05, 0) is 47.9 Å². The normalized spacial score (nSPS) is 12.3. The van der Waals surface area contributed by atoms with Crippen molar-refractivity contribution in [2.24, 2.45) is 0 Å². The zero-order valence-corrected chi connectivity index (χ0v) is 20.4. The van der Waals surface area contributed by atoms with Crippen molar-refractivity contribution >= 4 is 30.7 Å². The molecule has 0 fully saturated rings. The highest BCUT2D eigenvalue weighted by Gasteiger charge is 2.30. The third kappa shape index (κ3) is 6.67. The zero-order valence-electron chi connectivity index (χ0n) is 19.4. The van der Waals surface area contributed by atoms with Crippen molar-refractivity contribution in [1.82, 2.24) is 9.78 Å². The van der Waals surface area contributed by atoms with Crippen molar-refractivity contribution in [2.45, 2.75) is 58.4 Å². The summed E-state index contributed by atoms with van der Waals surface area (Å²) in [5.74, 6) is 0.340. The van der Waals surface area contributed by atoms with Gasteiger partial charge in [-0.1, -0.05) is 44.8 Å². The summed E-state index contributed by atoms with van der Waals surface area (Å²) in [5.41, 5.74) is 1.47. The van der Waals surface area contributed by atoms with Crippen molar-refractivity contribution in [3.63, 3.8) is 0 Å². The number of benzene rings is 2. The Hall–Kier alpha value is -2.65. The molecule has 33 heavy (non-hydrogen) atoms. The Morgan fingerprint density at radius 2 is 1.76 bits per heavy atom. The van der Waals surface area contributed by atoms with E-state index in [1.807, 2.05) is 25.1 Å². The summed E-state index contributed by atoms with van der Waals surface area (Å²) in [7, 11) is -1.24. The lowest BCUT2D eigenvalue weighted by molar-refractivity contribution is -0.137. The van der Waals surface area contributed by atoms with Gasteiger partial charge in [0.2, 0.25) is 5.91 Å². The molecule has 0 bridgehead atoms. The predicted octanol–water partition coefficient (Wildman–Crippen LogP) is 6.77. The second-order valence-electron chi connectivity index (χ2n) is 9.30. The maximum Gasteiger partial charge on any atom is 0.416 e. The van der Waals surface area contributed by atoms with Crippen LogP contribution in [-0.2, 0) is 22.4 Å². The van der Waals surface area contributed by atoms with Gasteiger partial charge in [0, 0.05) is 26.5 Å². The van der Waals surface area contributed by atoms with Crippen LogP contribution in [0.5, 0.6) is 0 Å². The minimum absolute atomic E-state index is 0.115. The number of ether oxygens (including phenoxy) is 1. The topological polar surface area (TPSA) is 56.2 Å². The smallest absolute Gasteiger partial charge is 0.360 e. The van der Waals surface area contributed by atoms with Crippen LogP contribution in [-0.4, -0.2) is 30.4 Å². The molecular weight excluding hydrogens is 447 g/mol. The Labute approximate surface area is 192 Å². The molecular formula is C24H30F3N3O2Si. The highest BCUT2D eigenvalue weighted by Crippen LogP contribution is 2.33. The molecule has 2 aromatic carbocycles. The zero-order chi connectivity index (χ0) is 24.2. The van der Waals surface area contributed by atoms with Gasteiger partial charge in [0.1, 0.15) is 6.73 Å². The lowest BCUT2D eigenvalue weighted by Gasteiger charge is -2.15. The maximum atomic E-state index is 12.9. The fraction of sp³-hybridized carbons (Fsp3) is 0.417. The number of hydrogen-bond acceptors (Lipinski definition) is 3. The Kier molecular flexibility index (Phi) is 7.64. The SMILES string of the molecule is CCCC(=O)Nc1nn(COCC[Si](C)(C)C)c2cc(-c3ccc(C(F)(F)F)cc3)ccc12. The molecule has 0 spiro atoms. The molecule has 0 atom stereocenters. The lowest BCUT2D eigenvalue weighted by atomic mass is 10.0. The summed E-state index contributed by atoms with van der Waals surface area (Å²) in [6, 6.07) is 11.6. The molecule has 0 saturated carbocycles. The Morgan fingerprint density at radius 1 is 1.09 bits per heavy atom. The molecule has 3 aromatic rings. The number of alkyl halides is 3. The minimum atomic E-state index is -4.38. The van der Waals surface area contributed by atoms with Crippen LogP contribution in [0.2, 0.25) is 25.7 Å². The number of nitrogens with one attached hydrogen (secondary N) is 1. The first-order chi connectivity index (χ1) is 15.5. The number of nitrogens with zero attached hydrogens (tertiary/aromatic N) is 2. The standard InChI is InChI=1S/C24H30F3N3O2Si/c1-5-6-22(31)28-23-20-12-9-18(17-7-10-19(11-8-17)24(25,26)27)15-21(20)30(29-23)16-32-13-14-33(2,3)4/h7-12,15H,5-6,13-14,16H2,1-4H3,(H,28,29,31). The summed E-state index contributed by atoms with van der Waals surface area (Å²) in [6.07, 6.45) is -3.26. The lowest BCUT2D eigenvalue weighted by Crippen LogP contribution is -2.22. The molecule has 0 saturated heterocycles. The molecule has 178 valence electrons. The van der Waals surface area contributed by atoms with Crippen LogP contribution in [0.1, 0.15) is 25.3 Å². The van der Waals surface area contributed by atoms with E-state index in [2.05, 4.69) is 30.1 Å². The predicted molar refractivity (Wildman–Crippen MR) is 128 cm³/mol. The average molecular weight is 478 g/mol. The van der Waals surface area contributed by atoms with Crippen molar-refractivity contribution in [3.8, 4) is 11.1 Å². The van der Waals surface area contributed by atoms with Crippen LogP contribution in [0.3, 0.4) is 0 Å². The highest BCUT2D eigenvalue weighted by atomic mass is 28.3. The van der Waals surface area contributed by atoms with Gasteiger partial charge in [0.25, 0.3) is 0 Å². The van der Waals surface area contributed by atoms with Gasteiger partial charge in [-0.15, -0.1) is 0 Å². The average Bonchev–Trinajstić information content (AvgIpc) is 3.07. The molecule has 0 aliphatic heterocycles. The first-order valence-electron chi connectivity index (χ1n) is 11.0. The second kappa shape index (κ2) is 10.1. The molecule has 9 heteroatoms. The summed E-state index contributed by atoms with van der Waals surface area (Å²) in [4.78, 5) is 12.2. The fourth-order valence-electron chi connectivity index (χ4n) is 3.35. The van der Waals surface area contributed by atoms with E-state index in [0.717, 1.165) is 41.1 Å². The van der Waals surface area contributed by atoms with Crippen molar-refractivity contribution in [3.05, 3.63) is 48.0 Å². The van der Waals surface area contributed by atoms with Crippen molar-refractivity contribution < 1.29 is 22.7 Å². The molecule has 5 nitrogen and oxygen atoms in total. The number of anilines is 1. The van der Waals surface area contributed by atoms with Crippen LogP contribution in [0, 0.1) is 0 Å². The number of halogens is 3. The number of carbonyl (C=O) groups excluding carboxylic acids is 1. The van der Waals surface area contributed by atoms with Gasteiger partial charge < -0.3 is 10.1 Å². The van der Waals surface area contributed by atoms with Crippen molar-refractivity contribution in [2.75, 3.05) is 11.9 Å². The van der Waals surface area contributed by atoms with Crippen LogP contribution in [0.15, 0.2) is 42.5 Å². The number of amides is 1. The van der Waals surface area contributed by atoms with E-state index >= 15 is 0 Å². The summed E-state index contributed by atoms with van der Waals surface area (Å²) in [5, 5.41) is 8.16. The third-order valence-corrected chi connectivity index (χ3v) is 6.95. The number of aromatic nitrogens is 2. The molecule has 1 aromatic heterocycles. The van der Waals surface area contributed by atoms with E-state index in [0.29, 0.717) is 24.4 Å². The largest absolute Gasteiger partial charge is 0.416 e. The van der Waals surface area contributed by atoms with Crippen LogP contribution in [0.4, 0.5) is 19.0 Å². The van der Waals surface area contributed by atoms with Gasteiger partial charge in [0.05, 0.1) is 11.1 Å². The Bertz CT molecular complexity index is 1100. The first-order valence-corrected chi connectivity index (χ1v) is 14.7. The Balaban J connectivity index is 1.92. The molecule has 0 aliphatic carbocycles. The second-order valence-corrected chi connectivity index (χ2v) is 14.9. The monoisotopic (exact) mass is 477 g/mol. The molecule has 0 radical (unpaired) electrons. The first kappa shape index (κ1) is 25.0. The summed E-state index contributed by atoms with van der Waals surface area (Å²) in [6.45, 7) is 9.60. The van der Waals surface area contributed by atoms with E-state index in [1.54, 1.807) is 4.68 Å². The Morgan fingerprint density at radius 3 is 2.36 bits per heavy atom. The maximum absolute atomic E-state index is 12.9. The number of hydrogen-bond donors (Lipinski definition) is 1. The minimum Gasteiger partial charge on any atom is -0.360 e. The van der Waals surface area contributed by atoms with E-state index in [4.69, 9.17) is 4.74 Å². The van der Waals surface area contributed by atoms with E-state index in [1.165, 1.54) is 12.1 Å². The van der Waals surface area contributed by atoms with Crippen LogP contribution < -0.4 is 5.32 Å². The van der Waals surface area contributed by atoms with Crippen LogP contribution in [0.25, 0.3) is 22.0 Å². The van der Waals surface area contributed by atoms with E-state index in [-0.39, 0.29) is 12.6 Å². The molecule has 1 amide bonds. The van der Waals surface area contributed by atoms with Gasteiger partial charge in [0.15, 0.2) is 5.82 Å². The number of carbonyl (C=O) groups is 1. The van der Waals surface area contributed by atoms with Gasteiger partial charge in [-0.3, -0.25) is 4.79 Å². The van der Waals surface area contributed by atoms with E-state index < -0.39 is 19.8 Å². The summed E-state index contributed by atoms with van der Waals surface area (Å²) < 4.78 is 46.3. The third-order valence-electron chi connectivity index (χ3n) is 5.24. The fourth-order valence-corrected chi connectivity index (χ4v) is 4.10. The number of fused-ring (bicyclic) bond motifs is 1. The molecule has 3 rings (SSSR count). The van der Waals surface area contributed by atoms with Gasteiger partial charge in [-0.2, -0.15) is 18.3 Å². The quantitative estimate of drug-likeness (QED) is 0.273. The number of rotatable bonds is 9. The molecule has 1 heterocycles. The van der Waals surface area contributed by atoms with Crippen molar-refractivity contribution in [1.29, 1.82) is 0 Å². The highest BCUT2D eigenvalue weighted by molar-refractivity contribution is 6.76. The molecule has 0 unspecified atom stereocenters. The molecule has 1 N–H and O–H groups in total. The van der Waals surface area contributed by atoms with Crippen LogP contribution >= 0.6 is 0 Å². The van der Waals surface area contributed by atoms with Gasteiger partial charge >= 0.3 is 6.18 Å².